The highest BCUT2D eigenvalue weighted by Crippen LogP contribution is 2.20. The molecule has 0 unspecified atom stereocenters. The molecule has 0 aliphatic heterocycles. The molecular weight excluding hydrogens is 274 g/mol. The minimum Gasteiger partial charge on any atom is -0.462 e. The number of carbonyl (C=O) groups excluding carboxylic acids is 1. The first-order valence-corrected chi connectivity index (χ1v) is 5.53. The Morgan fingerprint density at radius 2 is 2.38 bits per heavy atom. The van der Waals surface area contributed by atoms with Crippen molar-refractivity contribution >= 4 is 33.4 Å². The maximum atomic E-state index is 11.5. The molecule has 6 heteroatoms. The number of carbonyl (C=O) groups is 1. The van der Waals surface area contributed by atoms with E-state index in [2.05, 4.69) is 20.9 Å². The summed E-state index contributed by atoms with van der Waals surface area (Å²) in [4.78, 5) is 15.7. The van der Waals surface area contributed by atoms with Crippen LogP contribution in [0.15, 0.2) is 22.9 Å². The molecule has 2 rings (SSSR count). The number of nitrogens with zero attached hydrogens (tertiary/aromatic N) is 2. The van der Waals surface area contributed by atoms with Crippen LogP contribution >= 0.6 is 15.9 Å². The molecule has 0 amide bonds. The minimum atomic E-state index is -0.367. The molecule has 0 saturated heterocycles. The van der Waals surface area contributed by atoms with E-state index in [0.717, 1.165) is 0 Å². The molecule has 2 aromatic heterocycles. The summed E-state index contributed by atoms with van der Waals surface area (Å²) < 4.78 is 7.10. The third kappa shape index (κ3) is 1.76. The Morgan fingerprint density at radius 1 is 1.62 bits per heavy atom. The van der Waals surface area contributed by atoms with Gasteiger partial charge >= 0.3 is 5.97 Å². The van der Waals surface area contributed by atoms with Gasteiger partial charge in [-0.15, -0.1) is 0 Å². The van der Waals surface area contributed by atoms with Crippen molar-refractivity contribution in [3.8, 4) is 0 Å². The highest BCUT2D eigenvalue weighted by Gasteiger charge is 2.11. The third-order valence-corrected chi connectivity index (χ3v) is 2.71. The first-order chi connectivity index (χ1) is 7.63. The van der Waals surface area contributed by atoms with Crippen LogP contribution in [0, 0.1) is 0 Å². The molecule has 0 radical (unpaired) electrons. The summed E-state index contributed by atoms with van der Waals surface area (Å²) in [5.41, 5.74) is 6.91. The van der Waals surface area contributed by atoms with Gasteiger partial charge in [-0.1, -0.05) is 0 Å². The van der Waals surface area contributed by atoms with E-state index in [-0.39, 0.29) is 5.97 Å². The fourth-order valence-corrected chi connectivity index (χ4v) is 1.74. The number of fused-ring (bicyclic) bond motifs is 1. The number of imidazole rings is 1. The highest BCUT2D eigenvalue weighted by molar-refractivity contribution is 9.10. The van der Waals surface area contributed by atoms with E-state index in [1.165, 1.54) is 0 Å². The number of hydrogen-bond donors (Lipinski definition) is 1. The molecule has 0 saturated carbocycles. The zero-order valence-corrected chi connectivity index (χ0v) is 10.2. The second-order valence-electron chi connectivity index (χ2n) is 3.15. The fourth-order valence-electron chi connectivity index (χ4n) is 1.37. The van der Waals surface area contributed by atoms with Crippen LogP contribution in [0.1, 0.15) is 17.3 Å². The Hall–Kier alpha value is -1.56. The predicted octanol–water partition coefficient (Wildman–Crippen LogP) is 1.86. The SMILES string of the molecule is CCOC(=O)c1ccc2nc(Br)c(N)n2c1. The first-order valence-electron chi connectivity index (χ1n) is 4.73. The monoisotopic (exact) mass is 283 g/mol. The lowest BCUT2D eigenvalue weighted by atomic mass is 10.3. The molecule has 2 aromatic rings. The molecule has 0 fully saturated rings. The van der Waals surface area contributed by atoms with E-state index < -0.39 is 0 Å². The lowest BCUT2D eigenvalue weighted by molar-refractivity contribution is 0.0526. The van der Waals surface area contributed by atoms with Crippen molar-refractivity contribution in [2.75, 3.05) is 12.3 Å². The van der Waals surface area contributed by atoms with Gasteiger partial charge in [0.15, 0.2) is 0 Å². The highest BCUT2D eigenvalue weighted by atomic mass is 79.9. The van der Waals surface area contributed by atoms with Crippen LogP contribution in [-0.2, 0) is 4.74 Å². The Morgan fingerprint density at radius 3 is 3.06 bits per heavy atom. The number of rotatable bonds is 2. The largest absolute Gasteiger partial charge is 0.462 e. The lowest BCUT2D eigenvalue weighted by Crippen LogP contribution is -2.06. The van der Waals surface area contributed by atoms with Gasteiger partial charge in [-0.05, 0) is 35.0 Å². The number of nitrogen functional groups attached to an aromatic ring is 1. The van der Waals surface area contributed by atoms with Gasteiger partial charge < -0.3 is 10.5 Å². The van der Waals surface area contributed by atoms with Crippen molar-refractivity contribution in [1.29, 1.82) is 0 Å². The summed E-state index contributed by atoms with van der Waals surface area (Å²) in [5.74, 6) is 0.0924. The molecule has 0 aliphatic carbocycles. The van der Waals surface area contributed by atoms with E-state index in [1.54, 1.807) is 29.7 Å². The quantitative estimate of drug-likeness (QED) is 0.854. The number of nitrogens with two attached hydrogens (primary N) is 1. The van der Waals surface area contributed by atoms with Crippen molar-refractivity contribution < 1.29 is 9.53 Å². The van der Waals surface area contributed by atoms with E-state index in [4.69, 9.17) is 10.5 Å². The summed E-state index contributed by atoms with van der Waals surface area (Å²) in [6.07, 6.45) is 1.61. The van der Waals surface area contributed by atoms with Crippen LogP contribution in [0.25, 0.3) is 5.65 Å². The molecule has 84 valence electrons. The number of anilines is 1. The van der Waals surface area contributed by atoms with Gasteiger partial charge in [0.1, 0.15) is 16.1 Å². The number of halogens is 1. The van der Waals surface area contributed by atoms with E-state index >= 15 is 0 Å². The summed E-state index contributed by atoms with van der Waals surface area (Å²) in [6, 6.07) is 3.37. The van der Waals surface area contributed by atoms with Gasteiger partial charge in [-0.3, -0.25) is 4.40 Å². The van der Waals surface area contributed by atoms with E-state index in [1.807, 2.05) is 0 Å². The number of aromatic nitrogens is 2. The summed E-state index contributed by atoms with van der Waals surface area (Å²) in [5, 5.41) is 0. The molecule has 0 aliphatic rings. The molecule has 5 nitrogen and oxygen atoms in total. The number of hydrogen-bond acceptors (Lipinski definition) is 4. The fraction of sp³-hybridized carbons (Fsp3) is 0.200. The van der Waals surface area contributed by atoms with Gasteiger partial charge in [0, 0.05) is 6.20 Å². The Bertz CT molecular complexity index is 550. The summed E-state index contributed by atoms with van der Waals surface area (Å²) in [6.45, 7) is 2.11. The van der Waals surface area contributed by atoms with Crippen LogP contribution in [0.5, 0.6) is 0 Å². The Balaban J connectivity index is 2.50. The maximum absolute atomic E-state index is 11.5. The van der Waals surface area contributed by atoms with Crippen molar-refractivity contribution in [1.82, 2.24) is 9.38 Å². The molecule has 0 aromatic carbocycles. The second-order valence-corrected chi connectivity index (χ2v) is 3.91. The Labute approximate surface area is 100 Å². The van der Waals surface area contributed by atoms with E-state index in [0.29, 0.717) is 28.2 Å². The third-order valence-electron chi connectivity index (χ3n) is 2.12. The molecule has 16 heavy (non-hydrogen) atoms. The summed E-state index contributed by atoms with van der Waals surface area (Å²) in [7, 11) is 0. The van der Waals surface area contributed by atoms with Crippen LogP contribution in [0.3, 0.4) is 0 Å². The smallest absolute Gasteiger partial charge is 0.339 e. The predicted molar refractivity (Wildman–Crippen MR) is 63.3 cm³/mol. The van der Waals surface area contributed by atoms with Gasteiger partial charge in [0.25, 0.3) is 0 Å². The zero-order chi connectivity index (χ0) is 11.7. The molecule has 0 atom stereocenters. The molecule has 2 N–H and O–H groups in total. The van der Waals surface area contributed by atoms with Crippen LogP contribution in [0.2, 0.25) is 0 Å². The lowest BCUT2D eigenvalue weighted by Gasteiger charge is -2.02. The molecule has 2 heterocycles. The van der Waals surface area contributed by atoms with Crippen molar-refractivity contribution in [2.45, 2.75) is 6.92 Å². The number of pyridine rings is 1. The van der Waals surface area contributed by atoms with Crippen LogP contribution in [-0.4, -0.2) is 22.0 Å². The van der Waals surface area contributed by atoms with Gasteiger partial charge in [0.2, 0.25) is 0 Å². The summed E-state index contributed by atoms with van der Waals surface area (Å²) >= 11 is 3.23. The standard InChI is InChI=1S/C10H10BrN3O2/c1-2-16-10(15)6-3-4-7-13-8(11)9(12)14(7)5-6/h3-5H,2,12H2,1H3. The van der Waals surface area contributed by atoms with Crippen molar-refractivity contribution in [3.05, 3.63) is 28.5 Å². The Kier molecular flexibility index (Phi) is 2.82. The minimum absolute atomic E-state index is 0.347. The van der Waals surface area contributed by atoms with Gasteiger partial charge in [0.05, 0.1) is 12.2 Å². The van der Waals surface area contributed by atoms with Crippen LogP contribution < -0.4 is 5.73 Å². The zero-order valence-electron chi connectivity index (χ0n) is 8.61. The van der Waals surface area contributed by atoms with Crippen molar-refractivity contribution in [3.63, 3.8) is 0 Å². The maximum Gasteiger partial charge on any atom is 0.339 e. The molecule has 0 bridgehead atoms. The number of esters is 1. The van der Waals surface area contributed by atoms with Gasteiger partial charge in [-0.2, -0.15) is 0 Å². The average Bonchev–Trinajstić information content (AvgIpc) is 2.55. The molecular formula is C10H10BrN3O2. The van der Waals surface area contributed by atoms with Crippen molar-refractivity contribution in [2.24, 2.45) is 0 Å². The van der Waals surface area contributed by atoms with E-state index in [9.17, 15) is 4.79 Å². The topological polar surface area (TPSA) is 69.6 Å². The number of ether oxygens (including phenoxy) is 1. The molecule has 0 spiro atoms. The van der Waals surface area contributed by atoms with Crippen LogP contribution in [0.4, 0.5) is 5.82 Å². The normalized spacial score (nSPS) is 10.6. The van der Waals surface area contributed by atoms with Gasteiger partial charge in [-0.25, -0.2) is 9.78 Å². The average molecular weight is 284 g/mol. The first kappa shape index (κ1) is 10.9. The second kappa shape index (κ2) is 4.13.